The molecular formula is C28H43OP. The molecule has 0 aliphatic carbocycles. The van der Waals surface area contributed by atoms with Crippen molar-refractivity contribution in [3.63, 3.8) is 0 Å². The molecule has 2 atom stereocenters. The summed E-state index contributed by atoms with van der Waals surface area (Å²) in [5, 5.41) is 0. The molecule has 2 aromatic rings. The van der Waals surface area contributed by atoms with Crippen LogP contribution in [0.4, 0.5) is 0 Å². The Hall–Kier alpha value is -1.33. The molecule has 2 aromatic carbocycles. The first-order valence-electron chi connectivity index (χ1n) is 11.9. The molecule has 2 heteroatoms. The van der Waals surface area contributed by atoms with Crippen molar-refractivity contribution in [2.24, 2.45) is 0 Å². The van der Waals surface area contributed by atoms with Crippen molar-refractivity contribution in [3.8, 4) is 0 Å². The van der Waals surface area contributed by atoms with E-state index in [1.54, 1.807) is 0 Å². The van der Waals surface area contributed by atoms with Gasteiger partial charge in [0, 0.05) is 11.3 Å². The second-order valence-electron chi connectivity index (χ2n) is 9.42. The highest BCUT2D eigenvalue weighted by Crippen LogP contribution is 2.58. The molecule has 2 rings (SSSR count). The summed E-state index contributed by atoms with van der Waals surface area (Å²) in [6.45, 7) is 17.7. The van der Waals surface area contributed by atoms with Crippen molar-refractivity contribution in [1.29, 1.82) is 0 Å². The quantitative estimate of drug-likeness (QED) is 0.346. The van der Waals surface area contributed by atoms with E-state index >= 15 is 0 Å². The monoisotopic (exact) mass is 426 g/mol. The molecule has 0 radical (unpaired) electrons. The van der Waals surface area contributed by atoms with Gasteiger partial charge in [0.05, 0.1) is 7.80 Å². The SMILES string of the molecule is CCCCC(c1c(C)cc(C)cc1C)[PH](=O)C(CCCC)c1c(C)cc(C)cc1C. The highest BCUT2D eigenvalue weighted by atomic mass is 31.1. The van der Waals surface area contributed by atoms with Crippen molar-refractivity contribution in [2.45, 2.75) is 105 Å². The largest absolute Gasteiger partial charge is 0.326 e. The second kappa shape index (κ2) is 11.3. The summed E-state index contributed by atoms with van der Waals surface area (Å²) in [5.74, 6) is 0. The molecule has 1 nitrogen and oxygen atoms in total. The molecule has 30 heavy (non-hydrogen) atoms. The molecule has 2 unspecified atom stereocenters. The topological polar surface area (TPSA) is 17.1 Å². The summed E-state index contributed by atoms with van der Waals surface area (Å²) >= 11 is 0. The van der Waals surface area contributed by atoms with Crippen molar-refractivity contribution >= 4 is 7.80 Å². The lowest BCUT2D eigenvalue weighted by Gasteiger charge is -2.29. The van der Waals surface area contributed by atoms with Crippen molar-refractivity contribution in [3.05, 3.63) is 68.8 Å². The summed E-state index contributed by atoms with van der Waals surface area (Å²) in [6.07, 6.45) is 6.65. The zero-order chi connectivity index (χ0) is 22.4. The Balaban J connectivity index is 2.59. The van der Waals surface area contributed by atoms with Crippen LogP contribution in [0.3, 0.4) is 0 Å². The van der Waals surface area contributed by atoms with E-state index in [9.17, 15) is 4.57 Å². The zero-order valence-corrected chi connectivity index (χ0v) is 21.6. The lowest BCUT2D eigenvalue weighted by atomic mass is 9.94. The summed E-state index contributed by atoms with van der Waals surface area (Å²) in [5.41, 5.74) is 11.0. The number of aryl methyl sites for hydroxylation is 6. The average Bonchev–Trinajstić information content (AvgIpc) is 2.65. The third-order valence-electron chi connectivity index (χ3n) is 6.55. The summed E-state index contributed by atoms with van der Waals surface area (Å²) in [4.78, 5) is 0. The van der Waals surface area contributed by atoms with Gasteiger partial charge in [-0.1, -0.05) is 74.9 Å². The van der Waals surface area contributed by atoms with Gasteiger partial charge >= 0.3 is 0 Å². The van der Waals surface area contributed by atoms with Crippen LogP contribution in [0.1, 0.15) is 108 Å². The summed E-state index contributed by atoms with van der Waals surface area (Å²) in [7, 11) is -1.88. The molecule has 0 aromatic heterocycles. The molecule has 0 amide bonds. The van der Waals surface area contributed by atoms with E-state index in [0.717, 1.165) is 38.5 Å². The first-order valence-corrected chi connectivity index (χ1v) is 13.5. The lowest BCUT2D eigenvalue weighted by molar-refractivity contribution is 0.551. The van der Waals surface area contributed by atoms with Gasteiger partial charge in [-0.3, -0.25) is 0 Å². The maximum Gasteiger partial charge on any atom is 0.0904 e. The first-order chi connectivity index (χ1) is 14.2. The van der Waals surface area contributed by atoms with Gasteiger partial charge in [-0.05, 0) is 87.8 Å². The number of hydrogen-bond acceptors (Lipinski definition) is 1. The maximum atomic E-state index is 14.4. The van der Waals surface area contributed by atoms with Crippen LogP contribution >= 0.6 is 7.80 Å². The Kier molecular flexibility index (Phi) is 9.42. The third kappa shape index (κ3) is 5.88. The lowest BCUT2D eigenvalue weighted by Crippen LogP contribution is -2.08. The smallest absolute Gasteiger partial charge is 0.0904 e. The second-order valence-corrected chi connectivity index (χ2v) is 11.6. The number of hydrogen-bond donors (Lipinski definition) is 0. The molecule has 0 saturated heterocycles. The van der Waals surface area contributed by atoms with Crippen LogP contribution in [0.5, 0.6) is 0 Å². The van der Waals surface area contributed by atoms with Gasteiger partial charge in [-0.2, -0.15) is 0 Å². The van der Waals surface area contributed by atoms with Crippen LogP contribution in [0, 0.1) is 41.5 Å². The predicted molar refractivity (Wildman–Crippen MR) is 135 cm³/mol. The highest BCUT2D eigenvalue weighted by Gasteiger charge is 2.31. The van der Waals surface area contributed by atoms with Gasteiger partial charge in [0.2, 0.25) is 0 Å². The van der Waals surface area contributed by atoms with Gasteiger partial charge in [-0.25, -0.2) is 0 Å². The van der Waals surface area contributed by atoms with Crippen LogP contribution in [0.2, 0.25) is 0 Å². The Labute approximate surface area is 186 Å². The van der Waals surface area contributed by atoms with Crippen LogP contribution in [0.25, 0.3) is 0 Å². The van der Waals surface area contributed by atoms with Crippen molar-refractivity contribution in [2.75, 3.05) is 0 Å². The van der Waals surface area contributed by atoms with Gasteiger partial charge in [-0.15, -0.1) is 0 Å². The molecule has 0 fully saturated rings. The van der Waals surface area contributed by atoms with E-state index in [1.807, 2.05) is 0 Å². The number of benzene rings is 2. The molecule has 0 N–H and O–H groups in total. The first kappa shape index (κ1) is 24.9. The molecular weight excluding hydrogens is 383 g/mol. The Morgan fingerprint density at radius 1 is 0.633 bits per heavy atom. The third-order valence-corrected chi connectivity index (χ3v) is 9.08. The fourth-order valence-electron chi connectivity index (χ4n) is 5.40. The minimum absolute atomic E-state index is 0.178. The van der Waals surface area contributed by atoms with E-state index in [4.69, 9.17) is 0 Å². The minimum atomic E-state index is -1.88. The molecule has 0 heterocycles. The molecule has 0 saturated carbocycles. The Morgan fingerprint density at radius 3 is 1.20 bits per heavy atom. The molecule has 0 aliphatic heterocycles. The fraction of sp³-hybridized carbons (Fsp3) is 0.571. The van der Waals surface area contributed by atoms with E-state index in [-0.39, 0.29) is 11.3 Å². The van der Waals surface area contributed by atoms with E-state index < -0.39 is 7.80 Å². The van der Waals surface area contributed by atoms with Crippen LogP contribution in [-0.4, -0.2) is 0 Å². The molecule has 0 spiro atoms. The predicted octanol–water partition coefficient (Wildman–Crippen LogP) is 9.26. The summed E-state index contributed by atoms with van der Waals surface area (Å²) < 4.78 is 14.4. The Morgan fingerprint density at radius 2 is 0.933 bits per heavy atom. The van der Waals surface area contributed by atoms with Gasteiger partial charge in [0.25, 0.3) is 0 Å². The van der Waals surface area contributed by atoms with Crippen LogP contribution < -0.4 is 0 Å². The van der Waals surface area contributed by atoms with Gasteiger partial charge in [0.1, 0.15) is 0 Å². The Bertz CT molecular complexity index is 763. The fourth-order valence-corrected chi connectivity index (χ4v) is 8.34. The molecule has 166 valence electrons. The molecule has 0 aliphatic rings. The highest BCUT2D eigenvalue weighted by molar-refractivity contribution is 7.45. The van der Waals surface area contributed by atoms with Crippen LogP contribution in [-0.2, 0) is 4.57 Å². The molecule has 0 bridgehead atoms. The van der Waals surface area contributed by atoms with Crippen LogP contribution in [0.15, 0.2) is 24.3 Å². The van der Waals surface area contributed by atoms with Crippen molar-refractivity contribution < 1.29 is 4.57 Å². The number of unbranched alkanes of at least 4 members (excludes halogenated alkanes) is 2. The summed E-state index contributed by atoms with van der Waals surface area (Å²) in [6, 6.07) is 9.11. The van der Waals surface area contributed by atoms with Gasteiger partial charge in [0.15, 0.2) is 0 Å². The maximum absolute atomic E-state index is 14.4. The van der Waals surface area contributed by atoms with E-state index in [0.29, 0.717) is 0 Å². The average molecular weight is 427 g/mol. The van der Waals surface area contributed by atoms with E-state index in [1.165, 1.54) is 44.5 Å². The number of rotatable bonds is 10. The van der Waals surface area contributed by atoms with E-state index in [2.05, 4.69) is 79.7 Å². The normalized spacial score (nSPS) is 14.5. The zero-order valence-electron chi connectivity index (χ0n) is 20.6. The minimum Gasteiger partial charge on any atom is -0.326 e. The van der Waals surface area contributed by atoms with Gasteiger partial charge < -0.3 is 4.57 Å². The standard InChI is InChI=1S/C28H43OP/c1-9-11-13-25(27-21(5)15-19(3)16-22(27)6)30(29)26(14-12-10-2)28-23(7)17-20(4)18-24(28)8/h15-18,25-26,30H,9-14H2,1-8H3. The van der Waals surface area contributed by atoms with Crippen molar-refractivity contribution in [1.82, 2.24) is 0 Å².